The lowest BCUT2D eigenvalue weighted by Crippen LogP contribution is -2.36. The second kappa shape index (κ2) is 5.81. The fraction of sp³-hybridized carbons (Fsp3) is 0.727. The minimum atomic E-state index is -0.825. The highest BCUT2D eigenvalue weighted by atomic mass is 16.4. The Morgan fingerprint density at radius 2 is 2.00 bits per heavy atom. The minimum Gasteiger partial charge on any atom is -0.478 e. The number of hydrogen-bond donors (Lipinski definition) is 2. The van der Waals surface area contributed by atoms with E-state index in [4.69, 9.17) is 5.11 Å². The van der Waals surface area contributed by atoms with Crippen molar-refractivity contribution in [3.63, 3.8) is 0 Å². The van der Waals surface area contributed by atoms with Gasteiger partial charge in [0.1, 0.15) is 0 Å². The van der Waals surface area contributed by atoms with Gasteiger partial charge in [-0.05, 0) is 47.1 Å². The summed E-state index contributed by atoms with van der Waals surface area (Å²) in [5.74, 6) is -0.825. The molecule has 0 saturated heterocycles. The molecular formula is C11H21NO2. The molecule has 0 spiro atoms. The van der Waals surface area contributed by atoms with Gasteiger partial charge in [0.2, 0.25) is 0 Å². The van der Waals surface area contributed by atoms with Gasteiger partial charge in [-0.3, -0.25) is 0 Å². The third-order valence-corrected chi connectivity index (χ3v) is 1.82. The van der Waals surface area contributed by atoms with Crippen molar-refractivity contribution in [3.8, 4) is 0 Å². The van der Waals surface area contributed by atoms with E-state index in [9.17, 15) is 4.79 Å². The average Bonchev–Trinajstić information content (AvgIpc) is 2.01. The van der Waals surface area contributed by atoms with E-state index < -0.39 is 5.97 Å². The fourth-order valence-electron chi connectivity index (χ4n) is 0.971. The normalized spacial score (nSPS) is 13.0. The molecule has 0 aromatic rings. The number of carbonyl (C=O) groups is 1. The highest BCUT2D eigenvalue weighted by molar-refractivity contribution is 5.85. The summed E-state index contributed by atoms with van der Waals surface area (Å²) in [6.45, 7) is 8.90. The van der Waals surface area contributed by atoms with Crippen molar-refractivity contribution in [1.82, 2.24) is 5.32 Å². The second-order valence-corrected chi connectivity index (χ2v) is 4.51. The molecule has 0 amide bonds. The molecule has 0 rings (SSSR count). The van der Waals surface area contributed by atoms with Crippen LogP contribution in [0.5, 0.6) is 0 Å². The number of nitrogens with one attached hydrogen (secondary N) is 1. The van der Waals surface area contributed by atoms with Crippen LogP contribution in [0.3, 0.4) is 0 Å². The number of carboxylic acid groups (broad SMARTS) is 1. The van der Waals surface area contributed by atoms with Crippen LogP contribution < -0.4 is 5.32 Å². The third-order valence-electron chi connectivity index (χ3n) is 1.82. The van der Waals surface area contributed by atoms with Gasteiger partial charge in [0.05, 0.1) is 0 Å². The van der Waals surface area contributed by atoms with Gasteiger partial charge in [-0.25, -0.2) is 4.79 Å². The molecule has 0 aliphatic heterocycles. The lowest BCUT2D eigenvalue weighted by atomic mass is 10.1. The zero-order chi connectivity index (χ0) is 11.2. The number of carboxylic acids is 1. The largest absolute Gasteiger partial charge is 0.478 e. The summed E-state index contributed by atoms with van der Waals surface area (Å²) in [6, 6.07) is 0. The quantitative estimate of drug-likeness (QED) is 0.527. The van der Waals surface area contributed by atoms with E-state index in [1.165, 1.54) is 0 Å². The maximum absolute atomic E-state index is 10.4. The van der Waals surface area contributed by atoms with Crippen molar-refractivity contribution in [2.45, 2.75) is 46.1 Å². The fourth-order valence-corrected chi connectivity index (χ4v) is 0.971. The minimum absolute atomic E-state index is 0.144. The molecule has 82 valence electrons. The van der Waals surface area contributed by atoms with E-state index in [0.29, 0.717) is 5.57 Å². The topological polar surface area (TPSA) is 49.3 Å². The molecule has 0 aromatic carbocycles. The highest BCUT2D eigenvalue weighted by Crippen LogP contribution is 2.01. The first-order valence-electron chi connectivity index (χ1n) is 4.98. The van der Waals surface area contributed by atoms with E-state index in [0.717, 1.165) is 19.4 Å². The van der Waals surface area contributed by atoms with Gasteiger partial charge >= 0.3 is 5.97 Å². The van der Waals surface area contributed by atoms with Crippen LogP contribution in [0.15, 0.2) is 11.6 Å². The van der Waals surface area contributed by atoms with Gasteiger partial charge in [0.25, 0.3) is 0 Å². The SMILES string of the molecule is C/C(=C\CCCNC(C)(C)C)C(=O)O. The van der Waals surface area contributed by atoms with Crippen molar-refractivity contribution >= 4 is 5.97 Å². The van der Waals surface area contributed by atoms with Gasteiger partial charge in [-0.1, -0.05) is 6.08 Å². The van der Waals surface area contributed by atoms with Gasteiger partial charge in [-0.2, -0.15) is 0 Å². The van der Waals surface area contributed by atoms with Crippen LogP contribution in [0.25, 0.3) is 0 Å². The third kappa shape index (κ3) is 7.80. The molecule has 0 fully saturated rings. The van der Waals surface area contributed by atoms with Gasteiger partial charge < -0.3 is 10.4 Å². The molecule has 0 aliphatic carbocycles. The Labute approximate surface area is 86.2 Å². The number of rotatable bonds is 5. The van der Waals surface area contributed by atoms with Crippen molar-refractivity contribution in [2.24, 2.45) is 0 Å². The zero-order valence-corrected chi connectivity index (χ0v) is 9.55. The molecule has 14 heavy (non-hydrogen) atoms. The summed E-state index contributed by atoms with van der Waals surface area (Å²) in [7, 11) is 0. The van der Waals surface area contributed by atoms with Crippen LogP contribution in [0.4, 0.5) is 0 Å². The maximum Gasteiger partial charge on any atom is 0.330 e. The molecule has 0 atom stereocenters. The number of aliphatic carboxylic acids is 1. The molecule has 2 N–H and O–H groups in total. The summed E-state index contributed by atoms with van der Waals surface area (Å²) in [5, 5.41) is 11.9. The van der Waals surface area contributed by atoms with Crippen molar-refractivity contribution in [3.05, 3.63) is 11.6 Å². The first-order chi connectivity index (χ1) is 6.33. The maximum atomic E-state index is 10.4. The van der Waals surface area contributed by atoms with E-state index in [2.05, 4.69) is 26.1 Å². The molecule has 0 heterocycles. The monoisotopic (exact) mass is 199 g/mol. The summed E-state index contributed by atoms with van der Waals surface area (Å²) in [5.41, 5.74) is 0.576. The Balaban J connectivity index is 3.57. The van der Waals surface area contributed by atoms with Crippen LogP contribution in [0.1, 0.15) is 40.5 Å². The van der Waals surface area contributed by atoms with Gasteiger partial charge in [0, 0.05) is 11.1 Å². The Morgan fingerprint density at radius 3 is 2.43 bits per heavy atom. The lowest BCUT2D eigenvalue weighted by Gasteiger charge is -2.20. The number of allylic oxidation sites excluding steroid dienone is 1. The smallest absolute Gasteiger partial charge is 0.330 e. The van der Waals surface area contributed by atoms with Crippen LogP contribution >= 0.6 is 0 Å². The predicted octanol–water partition coefficient (Wildman–Crippen LogP) is 2.19. The van der Waals surface area contributed by atoms with Crippen LogP contribution in [0, 0.1) is 0 Å². The van der Waals surface area contributed by atoms with E-state index >= 15 is 0 Å². The van der Waals surface area contributed by atoms with Crippen molar-refractivity contribution < 1.29 is 9.90 Å². The molecular weight excluding hydrogens is 178 g/mol. The summed E-state index contributed by atoms with van der Waals surface area (Å²) < 4.78 is 0. The number of hydrogen-bond acceptors (Lipinski definition) is 2. The first kappa shape index (κ1) is 13.2. The van der Waals surface area contributed by atoms with E-state index in [1.807, 2.05) is 0 Å². The molecule has 0 aliphatic rings. The molecule has 0 bridgehead atoms. The summed E-state index contributed by atoms with van der Waals surface area (Å²) >= 11 is 0. The summed E-state index contributed by atoms with van der Waals surface area (Å²) in [6.07, 6.45) is 3.57. The molecule has 3 heteroatoms. The average molecular weight is 199 g/mol. The Kier molecular flexibility index (Phi) is 5.46. The standard InChI is InChI=1S/C11H21NO2/c1-9(10(13)14)7-5-6-8-12-11(2,3)4/h7,12H,5-6,8H2,1-4H3,(H,13,14)/b9-7+. The van der Waals surface area contributed by atoms with Crippen LogP contribution in [-0.2, 0) is 4.79 Å². The molecule has 3 nitrogen and oxygen atoms in total. The lowest BCUT2D eigenvalue weighted by molar-refractivity contribution is -0.132. The molecule has 0 unspecified atom stereocenters. The van der Waals surface area contributed by atoms with Crippen molar-refractivity contribution in [2.75, 3.05) is 6.54 Å². The predicted molar refractivity (Wildman–Crippen MR) is 58.4 cm³/mol. The second-order valence-electron chi connectivity index (χ2n) is 4.51. The molecule has 0 saturated carbocycles. The van der Waals surface area contributed by atoms with Crippen molar-refractivity contribution in [1.29, 1.82) is 0 Å². The summed E-state index contributed by atoms with van der Waals surface area (Å²) in [4.78, 5) is 10.4. The number of unbranched alkanes of at least 4 members (excludes halogenated alkanes) is 1. The van der Waals surface area contributed by atoms with Gasteiger partial charge in [0.15, 0.2) is 0 Å². The Bertz CT molecular complexity index is 214. The first-order valence-corrected chi connectivity index (χ1v) is 4.98. The van der Waals surface area contributed by atoms with Gasteiger partial charge in [-0.15, -0.1) is 0 Å². The Morgan fingerprint density at radius 1 is 1.43 bits per heavy atom. The van der Waals surface area contributed by atoms with E-state index in [1.54, 1.807) is 13.0 Å². The molecule has 0 radical (unpaired) electrons. The van der Waals surface area contributed by atoms with Crippen LogP contribution in [-0.4, -0.2) is 23.2 Å². The van der Waals surface area contributed by atoms with E-state index in [-0.39, 0.29) is 5.54 Å². The van der Waals surface area contributed by atoms with Crippen LogP contribution in [0.2, 0.25) is 0 Å². The zero-order valence-electron chi connectivity index (χ0n) is 9.55. The highest BCUT2D eigenvalue weighted by Gasteiger charge is 2.06. The molecule has 0 aromatic heterocycles. The Hall–Kier alpha value is -0.830.